The number of thiophene rings is 1. The van der Waals surface area contributed by atoms with Gasteiger partial charge in [0.15, 0.2) is 0 Å². The van der Waals surface area contributed by atoms with Crippen molar-refractivity contribution >= 4 is 45.9 Å². The van der Waals surface area contributed by atoms with E-state index in [1.165, 1.54) is 18.9 Å². The summed E-state index contributed by atoms with van der Waals surface area (Å²) in [6.07, 6.45) is 0.113. The molecular formula is C28H26N4O5S2. The first-order chi connectivity index (χ1) is 18.9. The number of esters is 2. The van der Waals surface area contributed by atoms with E-state index in [0.717, 1.165) is 22.5 Å². The fourth-order valence-corrected chi connectivity index (χ4v) is 5.55. The molecule has 0 aliphatic carbocycles. The predicted molar refractivity (Wildman–Crippen MR) is 151 cm³/mol. The van der Waals surface area contributed by atoms with Crippen LogP contribution in [0.3, 0.4) is 0 Å². The fourth-order valence-electron chi connectivity index (χ4n) is 3.72. The lowest BCUT2D eigenvalue weighted by atomic mass is 10.0. The number of hydrogen-bond donors (Lipinski definition) is 1. The maximum absolute atomic E-state index is 12.8. The van der Waals surface area contributed by atoms with Crippen molar-refractivity contribution in [3.63, 3.8) is 0 Å². The lowest BCUT2D eigenvalue weighted by Crippen LogP contribution is -2.14. The molecule has 0 saturated carbocycles. The zero-order valence-electron chi connectivity index (χ0n) is 21.6. The Labute approximate surface area is 234 Å². The van der Waals surface area contributed by atoms with E-state index >= 15 is 0 Å². The molecule has 0 fully saturated rings. The van der Waals surface area contributed by atoms with Crippen LogP contribution in [0.5, 0.6) is 0 Å². The second-order valence-electron chi connectivity index (χ2n) is 8.14. The number of thioether (sulfide) groups is 1. The predicted octanol–water partition coefficient (Wildman–Crippen LogP) is 5.66. The Morgan fingerprint density at radius 2 is 1.56 bits per heavy atom. The summed E-state index contributed by atoms with van der Waals surface area (Å²) in [6, 6.07) is 19.4. The van der Waals surface area contributed by atoms with E-state index in [2.05, 4.69) is 15.5 Å². The van der Waals surface area contributed by atoms with Crippen molar-refractivity contribution in [1.82, 2.24) is 15.2 Å². The topological polar surface area (TPSA) is 120 Å². The second kappa shape index (κ2) is 13.1. The minimum Gasteiger partial charge on any atom is -0.465 e. The molecular weight excluding hydrogens is 536 g/mol. The number of nitrogens with one attached hydrogen (secondary N) is 1. The van der Waals surface area contributed by atoms with Crippen molar-refractivity contribution in [2.45, 2.75) is 25.4 Å². The van der Waals surface area contributed by atoms with Gasteiger partial charge in [0.25, 0.3) is 0 Å². The van der Waals surface area contributed by atoms with Crippen LogP contribution in [0, 0.1) is 6.92 Å². The number of hydrogen-bond acceptors (Lipinski definition) is 10. The zero-order valence-corrected chi connectivity index (χ0v) is 23.2. The third-order valence-electron chi connectivity index (χ3n) is 5.57. The van der Waals surface area contributed by atoms with Crippen LogP contribution < -0.4 is 5.32 Å². The number of rotatable bonds is 10. The zero-order chi connectivity index (χ0) is 27.8. The van der Waals surface area contributed by atoms with E-state index in [-0.39, 0.29) is 34.4 Å². The van der Waals surface area contributed by atoms with Crippen LogP contribution >= 0.6 is 23.1 Å². The molecule has 1 N–H and O–H groups in total. The molecule has 0 aliphatic rings. The van der Waals surface area contributed by atoms with Gasteiger partial charge < -0.3 is 14.8 Å². The Kier molecular flexibility index (Phi) is 9.40. The molecule has 0 unspecified atom stereocenters. The molecule has 1 amide bonds. The molecule has 4 rings (SSSR count). The van der Waals surface area contributed by atoms with Crippen LogP contribution in [0.4, 0.5) is 5.00 Å². The number of nitrogens with zero attached hydrogens (tertiary/aromatic N) is 3. The average Bonchev–Trinajstić information content (AvgIpc) is 3.29. The van der Waals surface area contributed by atoms with Crippen molar-refractivity contribution < 1.29 is 23.9 Å². The second-order valence-corrected chi connectivity index (χ2v) is 10.2. The fraction of sp³-hybridized carbons (Fsp3) is 0.214. The van der Waals surface area contributed by atoms with Gasteiger partial charge in [-0.25, -0.2) is 14.6 Å². The molecule has 0 saturated heterocycles. The Balaban J connectivity index is 1.48. The Bertz CT molecular complexity index is 1480. The molecule has 11 heteroatoms. The molecule has 0 aliphatic heterocycles. The maximum atomic E-state index is 12.8. The van der Waals surface area contributed by atoms with Crippen molar-refractivity contribution in [2.24, 2.45) is 0 Å². The summed E-state index contributed by atoms with van der Waals surface area (Å²) < 4.78 is 9.93. The highest BCUT2D eigenvalue weighted by Crippen LogP contribution is 2.35. The van der Waals surface area contributed by atoms with Crippen LogP contribution in [-0.2, 0) is 14.3 Å². The number of ether oxygens (including phenoxy) is 2. The van der Waals surface area contributed by atoms with Crippen molar-refractivity contribution in [2.75, 3.05) is 24.8 Å². The standard InChI is InChI=1S/C28H26N4O5S2/c1-4-37-27(35)24-17(2)21(26(34)36-3)25(39-24)29-20(33)15-16-38-28-30-22(18-11-7-5-8-12-18)23(31-32-28)19-13-9-6-10-14-19/h5-14H,4,15-16H2,1-3H3,(H,29,33). The van der Waals surface area contributed by atoms with Gasteiger partial charge in [0.2, 0.25) is 11.1 Å². The smallest absolute Gasteiger partial charge is 0.348 e. The van der Waals surface area contributed by atoms with E-state index < -0.39 is 11.9 Å². The number of aromatic nitrogens is 3. The van der Waals surface area contributed by atoms with E-state index in [9.17, 15) is 14.4 Å². The lowest BCUT2D eigenvalue weighted by Gasteiger charge is -2.09. The molecule has 0 atom stereocenters. The highest BCUT2D eigenvalue weighted by molar-refractivity contribution is 7.99. The van der Waals surface area contributed by atoms with Gasteiger partial charge in [0, 0.05) is 23.3 Å². The van der Waals surface area contributed by atoms with Gasteiger partial charge in [-0.1, -0.05) is 72.4 Å². The Morgan fingerprint density at radius 3 is 2.18 bits per heavy atom. The largest absolute Gasteiger partial charge is 0.465 e. The van der Waals surface area contributed by atoms with Crippen LogP contribution in [0.25, 0.3) is 22.5 Å². The minimum atomic E-state index is -0.643. The summed E-state index contributed by atoms with van der Waals surface area (Å²) in [5.41, 5.74) is 3.73. The summed E-state index contributed by atoms with van der Waals surface area (Å²) in [5, 5.41) is 12.2. The molecule has 200 valence electrons. The van der Waals surface area contributed by atoms with Crippen LogP contribution in [0.15, 0.2) is 65.8 Å². The summed E-state index contributed by atoms with van der Waals surface area (Å²) >= 11 is 2.29. The molecule has 0 spiro atoms. The van der Waals surface area contributed by atoms with Gasteiger partial charge in [0.05, 0.1) is 19.3 Å². The average molecular weight is 563 g/mol. The van der Waals surface area contributed by atoms with Crippen molar-refractivity contribution in [3.8, 4) is 22.5 Å². The van der Waals surface area contributed by atoms with E-state index in [4.69, 9.17) is 14.5 Å². The Hall–Kier alpha value is -4.09. The van der Waals surface area contributed by atoms with Crippen LogP contribution in [0.1, 0.15) is 38.9 Å². The van der Waals surface area contributed by atoms with E-state index in [0.29, 0.717) is 27.9 Å². The molecule has 9 nitrogen and oxygen atoms in total. The first-order valence-electron chi connectivity index (χ1n) is 12.1. The number of anilines is 1. The highest BCUT2D eigenvalue weighted by atomic mass is 32.2. The number of methoxy groups -OCH3 is 1. The van der Waals surface area contributed by atoms with Crippen molar-refractivity contribution in [3.05, 3.63) is 76.7 Å². The lowest BCUT2D eigenvalue weighted by molar-refractivity contribution is -0.115. The normalized spacial score (nSPS) is 10.6. The first-order valence-corrected chi connectivity index (χ1v) is 13.9. The summed E-state index contributed by atoms with van der Waals surface area (Å²) in [4.78, 5) is 42.4. The molecule has 2 heterocycles. The number of benzene rings is 2. The number of amides is 1. The summed E-state index contributed by atoms with van der Waals surface area (Å²) in [5.74, 6) is -1.16. The van der Waals surface area contributed by atoms with Crippen molar-refractivity contribution in [1.29, 1.82) is 0 Å². The van der Waals surface area contributed by atoms with Crippen LogP contribution in [-0.4, -0.2) is 52.5 Å². The minimum absolute atomic E-state index is 0.113. The summed E-state index contributed by atoms with van der Waals surface area (Å²) in [7, 11) is 1.24. The molecule has 0 bridgehead atoms. The van der Waals surface area contributed by atoms with E-state index in [1.54, 1.807) is 13.8 Å². The maximum Gasteiger partial charge on any atom is 0.348 e. The molecule has 2 aromatic carbocycles. The third-order valence-corrected chi connectivity index (χ3v) is 7.60. The van der Waals surface area contributed by atoms with Gasteiger partial charge in [-0.3, -0.25) is 4.79 Å². The first kappa shape index (κ1) is 27.9. The van der Waals surface area contributed by atoms with Gasteiger partial charge in [-0.2, -0.15) is 0 Å². The summed E-state index contributed by atoms with van der Waals surface area (Å²) in [6.45, 7) is 3.51. The van der Waals surface area contributed by atoms with Gasteiger partial charge in [-0.05, 0) is 19.4 Å². The third kappa shape index (κ3) is 6.68. The highest BCUT2D eigenvalue weighted by Gasteiger charge is 2.27. The number of carbonyl (C=O) groups excluding carboxylic acids is 3. The monoisotopic (exact) mass is 562 g/mol. The SMILES string of the molecule is CCOC(=O)c1sc(NC(=O)CCSc2nnc(-c3ccccc3)c(-c3ccccc3)n2)c(C(=O)OC)c1C. The molecule has 39 heavy (non-hydrogen) atoms. The molecule has 0 radical (unpaired) electrons. The van der Waals surface area contributed by atoms with E-state index in [1.807, 2.05) is 60.7 Å². The Morgan fingerprint density at radius 1 is 0.923 bits per heavy atom. The van der Waals surface area contributed by atoms with Gasteiger partial charge >= 0.3 is 11.9 Å². The van der Waals surface area contributed by atoms with Gasteiger partial charge in [-0.15, -0.1) is 21.5 Å². The molecule has 4 aromatic rings. The van der Waals surface area contributed by atoms with Gasteiger partial charge in [0.1, 0.15) is 21.3 Å². The molecule has 2 aromatic heterocycles. The van der Waals surface area contributed by atoms with Crippen LogP contribution in [0.2, 0.25) is 0 Å². The quantitative estimate of drug-likeness (QED) is 0.193. The number of carbonyl (C=O) groups is 3.